The van der Waals surface area contributed by atoms with Gasteiger partial charge in [0, 0.05) is 20.0 Å². The van der Waals surface area contributed by atoms with Crippen LogP contribution in [0.5, 0.6) is 0 Å². The van der Waals surface area contributed by atoms with Gasteiger partial charge in [-0.3, -0.25) is 9.59 Å². The lowest BCUT2D eigenvalue weighted by molar-refractivity contribution is -0.114. The van der Waals surface area contributed by atoms with Gasteiger partial charge in [-0.1, -0.05) is 18.2 Å². The highest BCUT2D eigenvalue weighted by molar-refractivity contribution is 5.92. The fraction of sp³-hybridized carbons (Fsp3) is 0.312. The molecular weight excluding hydrogens is 280 g/mol. The predicted octanol–water partition coefficient (Wildman–Crippen LogP) is 2.04. The highest BCUT2D eigenvalue weighted by Gasteiger charge is 2.17. The third-order valence-corrected chi connectivity index (χ3v) is 3.36. The second-order valence-corrected chi connectivity index (χ2v) is 4.81. The number of rotatable bonds is 5. The van der Waals surface area contributed by atoms with Crippen molar-refractivity contribution >= 4 is 17.3 Å². The van der Waals surface area contributed by atoms with E-state index in [1.54, 1.807) is 18.3 Å². The Morgan fingerprint density at radius 1 is 1.23 bits per heavy atom. The summed E-state index contributed by atoms with van der Waals surface area (Å²) in [5.41, 5.74) is 1.21. The molecule has 0 radical (unpaired) electrons. The van der Waals surface area contributed by atoms with Gasteiger partial charge < -0.3 is 10.2 Å². The molecule has 1 heterocycles. The number of nitrogens with one attached hydrogen (secondary N) is 1. The molecule has 0 aliphatic rings. The Hall–Kier alpha value is -2.63. The van der Waals surface area contributed by atoms with E-state index in [1.807, 2.05) is 36.9 Å². The molecule has 0 bridgehead atoms. The third kappa shape index (κ3) is 3.16. The smallest absolute Gasteiger partial charge is 0.297 e. The van der Waals surface area contributed by atoms with Crippen molar-refractivity contribution in [2.75, 3.05) is 23.3 Å². The minimum absolute atomic E-state index is 0.259. The highest BCUT2D eigenvalue weighted by Crippen LogP contribution is 2.21. The number of hydrogen-bond acceptors (Lipinski definition) is 4. The summed E-state index contributed by atoms with van der Waals surface area (Å²) >= 11 is 0. The van der Waals surface area contributed by atoms with Crippen molar-refractivity contribution in [3.63, 3.8) is 0 Å². The lowest BCUT2D eigenvalue weighted by Crippen LogP contribution is -2.31. The summed E-state index contributed by atoms with van der Waals surface area (Å²) < 4.78 is 1.29. The lowest BCUT2D eigenvalue weighted by Gasteiger charge is -2.23. The van der Waals surface area contributed by atoms with Crippen LogP contribution in [0.4, 0.5) is 11.4 Å². The van der Waals surface area contributed by atoms with Crippen LogP contribution < -0.4 is 15.8 Å². The number of carbonyl (C=O) groups excluding carboxylic acids is 1. The summed E-state index contributed by atoms with van der Waals surface area (Å²) in [5.74, 6) is -0.281. The van der Waals surface area contributed by atoms with Crippen LogP contribution in [0.25, 0.3) is 5.69 Å². The van der Waals surface area contributed by atoms with E-state index in [0.29, 0.717) is 11.4 Å². The van der Waals surface area contributed by atoms with E-state index in [1.165, 1.54) is 11.6 Å². The Morgan fingerprint density at radius 3 is 2.41 bits per heavy atom. The van der Waals surface area contributed by atoms with Crippen LogP contribution >= 0.6 is 0 Å². The van der Waals surface area contributed by atoms with Gasteiger partial charge in [-0.05, 0) is 26.0 Å². The standard InChI is InChI=1S/C16H20N4O2/c1-4-19(5-2)14-11-17-20(13-9-7-6-8-10-13)16(22)15(14)18-12(3)21/h6-11H,4-5H2,1-3H3,(H,18,21). The molecule has 2 aromatic rings. The van der Waals surface area contributed by atoms with Gasteiger partial charge in [0.25, 0.3) is 5.56 Å². The summed E-state index contributed by atoms with van der Waals surface area (Å²) in [5, 5.41) is 6.89. The molecule has 22 heavy (non-hydrogen) atoms. The van der Waals surface area contributed by atoms with Gasteiger partial charge in [-0.25, -0.2) is 0 Å². The Bertz CT molecular complexity index is 706. The molecule has 6 heteroatoms. The van der Waals surface area contributed by atoms with Gasteiger partial charge in [0.15, 0.2) is 0 Å². The Kier molecular flexibility index (Phi) is 4.93. The molecule has 0 saturated heterocycles. The zero-order chi connectivity index (χ0) is 16.1. The summed E-state index contributed by atoms with van der Waals surface area (Å²) in [6, 6.07) is 9.12. The summed E-state index contributed by atoms with van der Waals surface area (Å²) in [6.07, 6.45) is 1.62. The number of benzene rings is 1. The van der Waals surface area contributed by atoms with Crippen molar-refractivity contribution in [3.8, 4) is 5.69 Å². The normalized spacial score (nSPS) is 10.3. The second-order valence-electron chi connectivity index (χ2n) is 4.81. The first-order valence-electron chi connectivity index (χ1n) is 7.28. The Morgan fingerprint density at radius 2 is 1.86 bits per heavy atom. The van der Waals surface area contributed by atoms with Crippen molar-refractivity contribution in [1.29, 1.82) is 0 Å². The minimum Gasteiger partial charge on any atom is -0.369 e. The van der Waals surface area contributed by atoms with E-state index in [0.717, 1.165) is 13.1 Å². The molecule has 0 aliphatic carbocycles. The maximum Gasteiger partial charge on any atom is 0.297 e. The zero-order valence-electron chi connectivity index (χ0n) is 13.0. The summed E-state index contributed by atoms with van der Waals surface area (Å²) in [4.78, 5) is 26.2. The molecular formula is C16H20N4O2. The SMILES string of the molecule is CCN(CC)c1cnn(-c2ccccc2)c(=O)c1NC(C)=O. The van der Waals surface area contributed by atoms with E-state index in [-0.39, 0.29) is 17.2 Å². The topological polar surface area (TPSA) is 67.2 Å². The third-order valence-electron chi connectivity index (χ3n) is 3.36. The van der Waals surface area contributed by atoms with Gasteiger partial charge in [0.1, 0.15) is 5.69 Å². The molecule has 0 saturated carbocycles. The van der Waals surface area contributed by atoms with Crippen LogP contribution in [0.15, 0.2) is 41.3 Å². The summed E-state index contributed by atoms with van der Waals surface area (Å²) in [6.45, 7) is 6.81. The monoisotopic (exact) mass is 300 g/mol. The number of para-hydroxylation sites is 1. The maximum atomic E-state index is 12.7. The van der Waals surface area contributed by atoms with E-state index < -0.39 is 0 Å². The van der Waals surface area contributed by atoms with Crippen LogP contribution in [-0.4, -0.2) is 28.8 Å². The molecule has 0 fully saturated rings. The van der Waals surface area contributed by atoms with Gasteiger partial charge in [-0.15, -0.1) is 0 Å². The summed E-state index contributed by atoms with van der Waals surface area (Å²) in [7, 11) is 0. The number of hydrogen-bond donors (Lipinski definition) is 1. The molecule has 1 amide bonds. The van der Waals surface area contributed by atoms with Crippen molar-refractivity contribution in [2.45, 2.75) is 20.8 Å². The second kappa shape index (κ2) is 6.89. The molecule has 116 valence electrons. The molecule has 1 aromatic carbocycles. The van der Waals surface area contributed by atoms with E-state index in [2.05, 4.69) is 10.4 Å². The van der Waals surface area contributed by atoms with E-state index in [4.69, 9.17) is 0 Å². The molecule has 0 atom stereocenters. The molecule has 1 aromatic heterocycles. The average molecular weight is 300 g/mol. The van der Waals surface area contributed by atoms with E-state index >= 15 is 0 Å². The quantitative estimate of drug-likeness (QED) is 0.917. The van der Waals surface area contributed by atoms with Crippen molar-refractivity contribution < 1.29 is 4.79 Å². The van der Waals surface area contributed by atoms with Crippen molar-refractivity contribution in [3.05, 3.63) is 46.9 Å². The van der Waals surface area contributed by atoms with Gasteiger partial charge in [-0.2, -0.15) is 9.78 Å². The van der Waals surface area contributed by atoms with Crippen LogP contribution in [0.1, 0.15) is 20.8 Å². The molecule has 0 aliphatic heterocycles. The van der Waals surface area contributed by atoms with Crippen LogP contribution in [-0.2, 0) is 4.79 Å². The largest absolute Gasteiger partial charge is 0.369 e. The van der Waals surface area contributed by atoms with Crippen LogP contribution in [0.2, 0.25) is 0 Å². The fourth-order valence-corrected chi connectivity index (χ4v) is 2.30. The fourth-order valence-electron chi connectivity index (χ4n) is 2.30. The first-order chi connectivity index (χ1) is 10.6. The molecule has 2 rings (SSSR count). The number of anilines is 2. The van der Waals surface area contributed by atoms with Gasteiger partial charge in [0.2, 0.25) is 5.91 Å². The Balaban J connectivity index is 2.62. The first-order valence-corrected chi connectivity index (χ1v) is 7.28. The number of aromatic nitrogens is 2. The van der Waals surface area contributed by atoms with Gasteiger partial charge >= 0.3 is 0 Å². The minimum atomic E-state index is -0.342. The predicted molar refractivity (Wildman–Crippen MR) is 87.7 cm³/mol. The highest BCUT2D eigenvalue weighted by atomic mass is 16.2. The first kappa shape index (κ1) is 15.8. The number of carbonyl (C=O) groups is 1. The molecule has 1 N–H and O–H groups in total. The van der Waals surface area contributed by atoms with Crippen molar-refractivity contribution in [2.24, 2.45) is 0 Å². The van der Waals surface area contributed by atoms with E-state index in [9.17, 15) is 9.59 Å². The average Bonchev–Trinajstić information content (AvgIpc) is 2.52. The Labute approximate surface area is 129 Å². The van der Waals surface area contributed by atoms with Crippen molar-refractivity contribution in [1.82, 2.24) is 9.78 Å². The molecule has 6 nitrogen and oxygen atoms in total. The van der Waals surface area contributed by atoms with Crippen LogP contribution in [0, 0.1) is 0 Å². The molecule has 0 spiro atoms. The lowest BCUT2D eigenvalue weighted by atomic mass is 10.3. The number of nitrogens with zero attached hydrogens (tertiary/aromatic N) is 3. The number of amides is 1. The molecule has 0 unspecified atom stereocenters. The van der Waals surface area contributed by atoms with Gasteiger partial charge in [0.05, 0.1) is 17.6 Å². The maximum absolute atomic E-state index is 12.7. The van der Waals surface area contributed by atoms with Crippen LogP contribution in [0.3, 0.4) is 0 Å². The zero-order valence-corrected chi connectivity index (χ0v) is 13.0.